The number of alkyl halides is 3. The van der Waals surface area contributed by atoms with E-state index in [4.69, 9.17) is 9.84 Å². The molecule has 0 radical (unpaired) electrons. The van der Waals surface area contributed by atoms with Crippen LogP contribution >= 0.6 is 11.3 Å². The summed E-state index contributed by atoms with van der Waals surface area (Å²) in [6.07, 6.45) is 0.452. The lowest BCUT2D eigenvalue weighted by molar-refractivity contribution is -0.139. The van der Waals surface area contributed by atoms with E-state index >= 15 is 0 Å². The molecule has 3 aromatic rings. The third-order valence-corrected chi connectivity index (χ3v) is 9.34. The summed E-state index contributed by atoms with van der Waals surface area (Å²) in [4.78, 5) is 44.7. The van der Waals surface area contributed by atoms with E-state index in [1.54, 1.807) is 13.0 Å². The molecular weight excluding hydrogens is 623 g/mol. The van der Waals surface area contributed by atoms with Crippen LogP contribution in [0.1, 0.15) is 61.0 Å². The number of piperazine rings is 1. The van der Waals surface area contributed by atoms with Crippen LogP contribution in [0, 0.1) is 0 Å². The zero-order valence-corrected chi connectivity index (χ0v) is 26.8. The van der Waals surface area contributed by atoms with Gasteiger partial charge in [0.1, 0.15) is 17.3 Å². The van der Waals surface area contributed by atoms with Crippen molar-refractivity contribution in [2.75, 3.05) is 49.5 Å². The highest BCUT2D eigenvalue weighted by Gasteiger charge is 2.35. The van der Waals surface area contributed by atoms with Crippen LogP contribution < -0.4 is 15.0 Å². The number of halogens is 3. The Morgan fingerprint density at radius 1 is 1.11 bits per heavy atom. The summed E-state index contributed by atoms with van der Waals surface area (Å²) >= 11 is 1.23. The van der Waals surface area contributed by atoms with Crippen LogP contribution in [0.3, 0.4) is 0 Å². The van der Waals surface area contributed by atoms with Gasteiger partial charge in [-0.2, -0.15) is 13.2 Å². The van der Waals surface area contributed by atoms with Crippen molar-refractivity contribution < 1.29 is 32.6 Å². The molecule has 1 aromatic carbocycles. The number of carbonyl (C=O) groups is 2. The first kappa shape index (κ1) is 33.5. The molecular formula is C31H38F3N7O4S. The molecule has 0 saturated carbocycles. The molecule has 2 aliphatic heterocycles. The van der Waals surface area contributed by atoms with Crippen LogP contribution in [-0.4, -0.2) is 93.1 Å². The van der Waals surface area contributed by atoms with E-state index in [1.807, 2.05) is 11.8 Å². The number of thiazole rings is 1. The number of amides is 1. The Morgan fingerprint density at radius 2 is 1.91 bits per heavy atom. The van der Waals surface area contributed by atoms with E-state index in [-0.39, 0.29) is 41.2 Å². The number of nitrogens with zero attached hydrogens (tertiary/aromatic N) is 6. The molecule has 15 heteroatoms. The highest BCUT2D eigenvalue weighted by Crippen LogP contribution is 2.41. The lowest BCUT2D eigenvalue weighted by Gasteiger charge is -2.40. The molecule has 0 spiro atoms. The van der Waals surface area contributed by atoms with Crippen LogP contribution in [-0.2, 0) is 17.5 Å². The number of carbonyl (C=O) groups excluding carboxylic acids is 1. The Hall–Kier alpha value is -3.82. The summed E-state index contributed by atoms with van der Waals surface area (Å²) in [6.45, 7) is 9.69. The van der Waals surface area contributed by atoms with Crippen LogP contribution in [0.4, 0.5) is 24.1 Å². The molecule has 4 heterocycles. The molecule has 1 amide bonds. The molecule has 0 bridgehead atoms. The molecule has 2 atom stereocenters. The summed E-state index contributed by atoms with van der Waals surface area (Å²) in [7, 11) is 0. The SMILES string of the molecule is CCOc1ccc(-c2nc(NC(=O)c3cnc(N4CCN(CCC(=O)O)[C@@H](C)C4)cn3)sc2CN2CCC[C@H]2C)cc1C(F)(F)F. The van der Waals surface area contributed by atoms with Crippen molar-refractivity contribution in [2.24, 2.45) is 0 Å². The lowest BCUT2D eigenvalue weighted by Crippen LogP contribution is -2.52. The molecule has 2 fully saturated rings. The average molecular weight is 662 g/mol. The molecule has 2 aromatic heterocycles. The normalized spacial score (nSPS) is 19.4. The maximum absolute atomic E-state index is 14.0. The van der Waals surface area contributed by atoms with Crippen LogP contribution in [0.5, 0.6) is 5.75 Å². The minimum Gasteiger partial charge on any atom is -0.493 e. The number of benzene rings is 1. The van der Waals surface area contributed by atoms with Crippen molar-refractivity contribution in [3.8, 4) is 17.0 Å². The Morgan fingerprint density at radius 3 is 2.54 bits per heavy atom. The number of likely N-dealkylation sites (tertiary alicyclic amines) is 1. The van der Waals surface area contributed by atoms with E-state index in [9.17, 15) is 22.8 Å². The van der Waals surface area contributed by atoms with Crippen LogP contribution in [0.15, 0.2) is 30.6 Å². The summed E-state index contributed by atoms with van der Waals surface area (Å²) < 4.78 is 47.1. The Balaban J connectivity index is 1.33. The highest BCUT2D eigenvalue weighted by atomic mass is 32.1. The third kappa shape index (κ3) is 7.93. The molecule has 11 nitrogen and oxygen atoms in total. The summed E-state index contributed by atoms with van der Waals surface area (Å²) in [5.74, 6) is -0.993. The fourth-order valence-corrected chi connectivity index (χ4v) is 6.87. The molecule has 0 aliphatic carbocycles. The quantitative estimate of drug-likeness (QED) is 0.282. The van der Waals surface area contributed by atoms with Crippen molar-refractivity contribution in [3.05, 3.63) is 46.7 Å². The van der Waals surface area contributed by atoms with Gasteiger partial charge in [0, 0.05) is 55.2 Å². The van der Waals surface area contributed by atoms with Gasteiger partial charge in [-0.25, -0.2) is 15.0 Å². The standard InChI is InChI=1S/C31H38F3N7O4S/c1-4-45-24-8-7-21(14-22(24)31(32,33)34)28-25(18-40-10-5-6-19(40)2)46-30(37-28)38-29(44)23-15-36-26(16-35-23)41-13-12-39(20(3)17-41)11-9-27(42)43/h7-8,14-16,19-20H,4-6,9-13,17-18H2,1-3H3,(H,42,43)(H,37,38,44)/t19-,20+/m1/s1. The Kier molecular flexibility index (Phi) is 10.4. The van der Waals surface area contributed by atoms with Gasteiger partial charge in [-0.3, -0.25) is 24.7 Å². The number of carboxylic acid groups (broad SMARTS) is 1. The average Bonchev–Trinajstić information content (AvgIpc) is 3.61. The van der Waals surface area contributed by atoms with Crippen molar-refractivity contribution in [3.63, 3.8) is 0 Å². The van der Waals surface area contributed by atoms with Crippen LogP contribution in [0.25, 0.3) is 11.3 Å². The van der Waals surface area contributed by atoms with Gasteiger partial charge in [-0.15, -0.1) is 0 Å². The van der Waals surface area contributed by atoms with Gasteiger partial charge >= 0.3 is 12.1 Å². The van der Waals surface area contributed by atoms with Gasteiger partial charge in [-0.1, -0.05) is 11.3 Å². The van der Waals surface area contributed by atoms with E-state index < -0.39 is 23.6 Å². The number of nitrogens with one attached hydrogen (secondary N) is 1. The predicted molar refractivity (Wildman–Crippen MR) is 168 cm³/mol. The third-order valence-electron chi connectivity index (χ3n) is 8.39. The fourth-order valence-electron chi connectivity index (χ4n) is 5.87. The van der Waals surface area contributed by atoms with Crippen molar-refractivity contribution in [1.29, 1.82) is 0 Å². The van der Waals surface area contributed by atoms with E-state index in [0.717, 1.165) is 30.3 Å². The maximum Gasteiger partial charge on any atom is 0.419 e. The highest BCUT2D eigenvalue weighted by molar-refractivity contribution is 7.16. The van der Waals surface area contributed by atoms with Gasteiger partial charge in [0.25, 0.3) is 5.91 Å². The van der Waals surface area contributed by atoms with Gasteiger partial charge in [0.05, 0.1) is 36.7 Å². The van der Waals surface area contributed by atoms with Crippen molar-refractivity contribution in [2.45, 2.75) is 64.8 Å². The maximum atomic E-state index is 14.0. The number of hydrogen-bond donors (Lipinski definition) is 2. The molecule has 2 saturated heterocycles. The molecule has 2 aliphatic rings. The second-order valence-electron chi connectivity index (χ2n) is 11.6. The van der Waals surface area contributed by atoms with E-state index in [0.29, 0.717) is 50.3 Å². The predicted octanol–water partition coefficient (Wildman–Crippen LogP) is 5.24. The number of carboxylic acids is 1. The minimum atomic E-state index is -4.62. The Bertz CT molecular complexity index is 1540. The molecule has 2 N–H and O–H groups in total. The second-order valence-corrected chi connectivity index (χ2v) is 12.7. The fraction of sp³-hybridized carbons (Fsp3) is 0.516. The lowest BCUT2D eigenvalue weighted by atomic mass is 10.1. The monoisotopic (exact) mass is 661 g/mol. The zero-order valence-electron chi connectivity index (χ0n) is 26.0. The van der Waals surface area contributed by atoms with Gasteiger partial charge < -0.3 is 14.7 Å². The first-order chi connectivity index (χ1) is 21.9. The number of aliphatic carboxylic acids is 1. The molecule has 0 unspecified atom stereocenters. The van der Waals surface area contributed by atoms with E-state index in [1.165, 1.54) is 29.8 Å². The number of ether oxygens (including phenoxy) is 1. The molecule has 46 heavy (non-hydrogen) atoms. The number of aromatic nitrogens is 3. The van der Waals surface area contributed by atoms with Crippen LogP contribution in [0.2, 0.25) is 0 Å². The Labute approximate surface area is 269 Å². The van der Waals surface area contributed by atoms with Gasteiger partial charge in [0.15, 0.2) is 5.13 Å². The number of rotatable bonds is 11. The largest absolute Gasteiger partial charge is 0.493 e. The minimum absolute atomic E-state index is 0.0729. The summed E-state index contributed by atoms with van der Waals surface area (Å²) in [5, 5.41) is 12.0. The topological polar surface area (TPSA) is 124 Å². The van der Waals surface area contributed by atoms with Crippen molar-refractivity contribution >= 4 is 34.2 Å². The smallest absolute Gasteiger partial charge is 0.419 e. The zero-order chi connectivity index (χ0) is 33.0. The number of hydrogen-bond acceptors (Lipinski definition) is 10. The van der Waals surface area contributed by atoms with Crippen molar-refractivity contribution in [1.82, 2.24) is 24.8 Å². The van der Waals surface area contributed by atoms with E-state index in [2.05, 4.69) is 37.0 Å². The van der Waals surface area contributed by atoms with Gasteiger partial charge in [-0.05, 0) is 58.4 Å². The molecule has 5 rings (SSSR count). The second kappa shape index (κ2) is 14.3. The first-order valence-electron chi connectivity index (χ1n) is 15.3. The van der Waals surface area contributed by atoms with Gasteiger partial charge in [0.2, 0.25) is 0 Å². The molecule has 248 valence electrons. The number of anilines is 2. The summed E-state index contributed by atoms with van der Waals surface area (Å²) in [5.41, 5.74) is -0.136. The summed E-state index contributed by atoms with van der Waals surface area (Å²) in [6, 6.07) is 4.38. The first-order valence-corrected chi connectivity index (χ1v) is 16.2.